The molecule has 0 fully saturated rings. The number of anilines is 1. The highest BCUT2D eigenvalue weighted by molar-refractivity contribution is 7.99. The van der Waals surface area contributed by atoms with Crippen LogP contribution in [-0.2, 0) is 18.4 Å². The summed E-state index contributed by atoms with van der Waals surface area (Å²) < 4.78 is 6.63. The standard InChI is InChI=1S/C10H14N6O2S/c1-3-18-5-7-12-6(11)4-8(13-7)19-10-15-14-9(17)16(10)2/h4H,3,5H2,1-2H3,(H,14,17)(H2,11,12,13). The van der Waals surface area contributed by atoms with E-state index < -0.39 is 0 Å². The van der Waals surface area contributed by atoms with Crippen LogP contribution >= 0.6 is 11.8 Å². The van der Waals surface area contributed by atoms with Gasteiger partial charge in [-0.05, 0) is 18.7 Å². The molecule has 2 rings (SSSR count). The molecule has 0 saturated carbocycles. The third-order valence-corrected chi connectivity index (χ3v) is 3.20. The van der Waals surface area contributed by atoms with Crippen molar-refractivity contribution >= 4 is 17.6 Å². The Morgan fingerprint density at radius 2 is 2.32 bits per heavy atom. The summed E-state index contributed by atoms with van der Waals surface area (Å²) >= 11 is 1.23. The predicted octanol–water partition coefficient (Wildman–Crippen LogP) is 0.168. The molecule has 19 heavy (non-hydrogen) atoms. The summed E-state index contributed by atoms with van der Waals surface area (Å²) in [6.07, 6.45) is 0. The van der Waals surface area contributed by atoms with Crippen molar-refractivity contribution in [1.82, 2.24) is 24.7 Å². The fraction of sp³-hybridized carbons (Fsp3) is 0.400. The van der Waals surface area contributed by atoms with E-state index >= 15 is 0 Å². The number of nitrogens with zero attached hydrogens (tertiary/aromatic N) is 4. The molecule has 0 aromatic carbocycles. The van der Waals surface area contributed by atoms with E-state index in [-0.39, 0.29) is 5.69 Å². The minimum atomic E-state index is -0.279. The molecule has 2 aromatic rings. The third-order valence-electron chi connectivity index (χ3n) is 2.24. The second-order valence-electron chi connectivity index (χ2n) is 3.66. The van der Waals surface area contributed by atoms with Crippen molar-refractivity contribution in [2.24, 2.45) is 7.05 Å². The average Bonchev–Trinajstić information content (AvgIpc) is 2.68. The van der Waals surface area contributed by atoms with E-state index in [0.29, 0.717) is 35.0 Å². The molecule has 3 N–H and O–H groups in total. The SMILES string of the molecule is CCOCc1nc(N)cc(Sc2n[nH]c(=O)n2C)n1. The molecule has 2 aromatic heterocycles. The molecule has 0 spiro atoms. The van der Waals surface area contributed by atoms with Crippen molar-refractivity contribution in [3.8, 4) is 0 Å². The van der Waals surface area contributed by atoms with Gasteiger partial charge >= 0.3 is 5.69 Å². The van der Waals surface area contributed by atoms with Gasteiger partial charge in [0.15, 0.2) is 11.0 Å². The first-order valence-corrected chi connectivity index (χ1v) is 6.42. The molecule has 2 heterocycles. The number of nitrogens with one attached hydrogen (secondary N) is 1. The molecule has 0 bridgehead atoms. The maximum Gasteiger partial charge on any atom is 0.343 e. The van der Waals surface area contributed by atoms with Gasteiger partial charge in [0, 0.05) is 19.7 Å². The van der Waals surface area contributed by atoms with Crippen molar-refractivity contribution in [3.05, 3.63) is 22.4 Å². The summed E-state index contributed by atoms with van der Waals surface area (Å²) in [6, 6.07) is 1.62. The quantitative estimate of drug-likeness (QED) is 0.752. The lowest BCUT2D eigenvalue weighted by atomic mass is 10.5. The zero-order valence-corrected chi connectivity index (χ0v) is 11.4. The summed E-state index contributed by atoms with van der Waals surface area (Å²) in [5.41, 5.74) is 5.43. The average molecular weight is 282 g/mol. The van der Waals surface area contributed by atoms with Crippen LogP contribution in [0.5, 0.6) is 0 Å². The van der Waals surface area contributed by atoms with E-state index in [4.69, 9.17) is 10.5 Å². The highest BCUT2D eigenvalue weighted by atomic mass is 32.2. The third kappa shape index (κ3) is 3.32. The second-order valence-corrected chi connectivity index (χ2v) is 4.64. The van der Waals surface area contributed by atoms with Gasteiger partial charge in [0.1, 0.15) is 17.5 Å². The van der Waals surface area contributed by atoms with E-state index in [0.717, 1.165) is 0 Å². The Hall–Kier alpha value is -1.87. The molecule has 0 atom stereocenters. The Morgan fingerprint density at radius 3 is 2.95 bits per heavy atom. The molecule has 0 unspecified atom stereocenters. The van der Waals surface area contributed by atoms with Crippen LogP contribution in [-0.4, -0.2) is 31.3 Å². The van der Waals surface area contributed by atoms with E-state index in [1.54, 1.807) is 13.1 Å². The number of rotatable bonds is 5. The van der Waals surface area contributed by atoms with Crippen molar-refractivity contribution in [2.45, 2.75) is 23.7 Å². The van der Waals surface area contributed by atoms with Crippen LogP contribution in [0.3, 0.4) is 0 Å². The van der Waals surface area contributed by atoms with Gasteiger partial charge in [0.2, 0.25) is 0 Å². The number of hydrogen-bond donors (Lipinski definition) is 2. The fourth-order valence-electron chi connectivity index (χ4n) is 1.32. The topological polar surface area (TPSA) is 112 Å². The van der Waals surface area contributed by atoms with Crippen LogP contribution in [0.1, 0.15) is 12.7 Å². The molecule has 8 nitrogen and oxygen atoms in total. The normalized spacial score (nSPS) is 10.8. The van der Waals surface area contributed by atoms with Crippen LogP contribution in [0.25, 0.3) is 0 Å². The van der Waals surface area contributed by atoms with Crippen molar-refractivity contribution in [1.29, 1.82) is 0 Å². The van der Waals surface area contributed by atoms with Gasteiger partial charge in [-0.15, -0.1) is 5.10 Å². The van der Waals surface area contributed by atoms with Gasteiger partial charge in [0.25, 0.3) is 0 Å². The maximum absolute atomic E-state index is 11.3. The molecule has 0 saturated heterocycles. The summed E-state index contributed by atoms with van der Waals surface area (Å²) in [5.74, 6) is 0.859. The molecule has 102 valence electrons. The lowest BCUT2D eigenvalue weighted by molar-refractivity contribution is 0.128. The number of aromatic amines is 1. The first kappa shape index (κ1) is 13.6. The summed E-state index contributed by atoms with van der Waals surface area (Å²) in [7, 11) is 1.62. The number of aromatic nitrogens is 5. The van der Waals surface area contributed by atoms with Crippen LogP contribution in [0.2, 0.25) is 0 Å². The zero-order chi connectivity index (χ0) is 13.8. The number of hydrogen-bond acceptors (Lipinski definition) is 7. The molecule has 0 aliphatic heterocycles. The Kier molecular flexibility index (Phi) is 4.17. The number of nitrogens with two attached hydrogens (primary N) is 1. The van der Waals surface area contributed by atoms with Crippen LogP contribution in [0, 0.1) is 0 Å². The molecular weight excluding hydrogens is 268 g/mol. The largest absolute Gasteiger partial charge is 0.384 e. The number of H-pyrrole nitrogens is 1. The predicted molar refractivity (Wildman–Crippen MR) is 69.7 cm³/mol. The lowest BCUT2D eigenvalue weighted by Crippen LogP contribution is -2.13. The highest BCUT2D eigenvalue weighted by Crippen LogP contribution is 2.23. The van der Waals surface area contributed by atoms with Crippen LogP contribution < -0.4 is 11.4 Å². The van der Waals surface area contributed by atoms with Crippen molar-refractivity contribution < 1.29 is 4.74 Å². The lowest BCUT2D eigenvalue weighted by Gasteiger charge is -2.05. The Bertz CT molecular complexity index is 623. The molecule has 9 heteroatoms. The van der Waals surface area contributed by atoms with E-state index in [9.17, 15) is 4.79 Å². The summed E-state index contributed by atoms with van der Waals surface area (Å²) in [5, 5.41) is 7.37. The first-order valence-electron chi connectivity index (χ1n) is 5.60. The Labute approximate surface area is 113 Å². The molecule has 0 aliphatic carbocycles. The summed E-state index contributed by atoms with van der Waals surface area (Å²) in [4.78, 5) is 19.6. The monoisotopic (exact) mass is 282 g/mol. The van der Waals surface area contributed by atoms with Crippen molar-refractivity contribution in [2.75, 3.05) is 12.3 Å². The van der Waals surface area contributed by atoms with Gasteiger partial charge in [-0.25, -0.2) is 19.9 Å². The molecule has 0 aliphatic rings. The minimum absolute atomic E-state index is 0.279. The minimum Gasteiger partial charge on any atom is -0.384 e. The van der Waals surface area contributed by atoms with E-state index in [1.165, 1.54) is 16.3 Å². The van der Waals surface area contributed by atoms with Crippen LogP contribution in [0.4, 0.5) is 5.82 Å². The molecule has 0 amide bonds. The number of nitrogen functional groups attached to an aromatic ring is 1. The van der Waals surface area contributed by atoms with Gasteiger partial charge in [-0.1, -0.05) is 0 Å². The van der Waals surface area contributed by atoms with Gasteiger partial charge in [-0.3, -0.25) is 4.57 Å². The van der Waals surface area contributed by atoms with E-state index in [2.05, 4.69) is 20.2 Å². The van der Waals surface area contributed by atoms with Gasteiger partial charge < -0.3 is 10.5 Å². The summed E-state index contributed by atoms with van der Waals surface area (Å²) in [6.45, 7) is 2.77. The first-order chi connectivity index (χ1) is 9.10. The number of ether oxygens (including phenoxy) is 1. The Balaban J connectivity index is 2.22. The smallest absolute Gasteiger partial charge is 0.343 e. The van der Waals surface area contributed by atoms with Gasteiger partial charge in [-0.2, -0.15) is 0 Å². The maximum atomic E-state index is 11.3. The highest BCUT2D eigenvalue weighted by Gasteiger charge is 2.10. The zero-order valence-electron chi connectivity index (χ0n) is 10.6. The molecule has 0 radical (unpaired) electrons. The fourth-order valence-corrected chi connectivity index (χ4v) is 2.15. The van der Waals surface area contributed by atoms with E-state index in [1.807, 2.05) is 6.92 Å². The molecular formula is C10H14N6O2S. The Morgan fingerprint density at radius 1 is 1.53 bits per heavy atom. The van der Waals surface area contributed by atoms with Crippen LogP contribution in [0.15, 0.2) is 21.0 Å². The van der Waals surface area contributed by atoms with Crippen molar-refractivity contribution in [3.63, 3.8) is 0 Å². The second kappa shape index (κ2) is 5.85. The van der Waals surface area contributed by atoms with Gasteiger partial charge in [0.05, 0.1) is 0 Å².